The number of urea groups is 1. The number of carbonyl (C=O) groups is 2. The van der Waals surface area contributed by atoms with E-state index in [1.54, 1.807) is 48.5 Å². The maximum absolute atomic E-state index is 13.0. The molecule has 0 unspecified atom stereocenters. The minimum Gasteiger partial charge on any atom is -0.355 e. The Kier molecular flexibility index (Phi) is 7.61. The maximum Gasteiger partial charge on any atom is 0.322 e. The number of likely N-dealkylation sites (tertiary alicyclic amines) is 2. The number of rotatable bonds is 5. The number of carbonyl (C=O) groups excluding carboxylic acids is 2. The van der Waals surface area contributed by atoms with Gasteiger partial charge >= 0.3 is 6.03 Å². The summed E-state index contributed by atoms with van der Waals surface area (Å²) in [4.78, 5) is 29.2. The highest BCUT2D eigenvalue weighted by Gasteiger charge is 2.34. The summed E-state index contributed by atoms with van der Waals surface area (Å²) in [5, 5.41) is 6.25. The molecule has 2 aliphatic rings. The van der Waals surface area contributed by atoms with E-state index in [9.17, 15) is 18.0 Å². The van der Waals surface area contributed by atoms with Crippen LogP contribution in [-0.4, -0.2) is 67.9 Å². The van der Waals surface area contributed by atoms with Gasteiger partial charge in [0.15, 0.2) is 0 Å². The molecule has 3 amide bonds. The average molecular weight is 518 g/mol. The standard InChI is InChI=1S/C24H28ClN5O4S/c1-35(33,34)28-22(29-14-2-3-15-29)17-6-10-19(11-7-17)26-23(31)21-5-4-16-30(21)24(32)27-20-12-8-18(25)9-13-20/h6-13,21H,2-5,14-16H2,1H3,(H,26,31)(H,27,32)/b28-22+/t21-/m1/s1. The van der Waals surface area contributed by atoms with E-state index in [1.807, 2.05) is 4.90 Å². The predicted octanol–water partition coefficient (Wildman–Crippen LogP) is 3.78. The Hall–Kier alpha value is -3.11. The van der Waals surface area contributed by atoms with Gasteiger partial charge in [0.1, 0.15) is 11.9 Å². The largest absolute Gasteiger partial charge is 0.355 e. The predicted molar refractivity (Wildman–Crippen MR) is 137 cm³/mol. The molecule has 2 aliphatic heterocycles. The van der Waals surface area contributed by atoms with Crippen LogP contribution >= 0.6 is 11.6 Å². The van der Waals surface area contributed by atoms with Crippen molar-refractivity contribution in [2.75, 3.05) is 36.5 Å². The number of halogens is 1. The van der Waals surface area contributed by atoms with Crippen molar-refractivity contribution < 1.29 is 18.0 Å². The second kappa shape index (κ2) is 10.7. The van der Waals surface area contributed by atoms with Crippen LogP contribution in [0.1, 0.15) is 31.2 Å². The number of nitrogens with zero attached hydrogens (tertiary/aromatic N) is 3. The van der Waals surface area contributed by atoms with Crippen LogP contribution in [0.3, 0.4) is 0 Å². The first kappa shape index (κ1) is 25.0. The molecule has 2 fully saturated rings. The van der Waals surface area contributed by atoms with E-state index in [1.165, 1.54) is 4.90 Å². The van der Waals surface area contributed by atoms with Gasteiger partial charge < -0.3 is 20.4 Å². The molecule has 35 heavy (non-hydrogen) atoms. The fourth-order valence-electron chi connectivity index (χ4n) is 4.32. The van der Waals surface area contributed by atoms with Crippen LogP contribution in [0.5, 0.6) is 0 Å². The molecule has 2 saturated heterocycles. The molecule has 0 aromatic heterocycles. The van der Waals surface area contributed by atoms with E-state index in [2.05, 4.69) is 15.0 Å². The SMILES string of the molecule is CS(=O)(=O)/N=C(\c1ccc(NC(=O)[C@H]2CCCN2C(=O)Nc2ccc(Cl)cc2)cc1)N1CCCC1. The number of hydrogen-bond acceptors (Lipinski definition) is 4. The van der Waals surface area contributed by atoms with Gasteiger partial charge in [0.25, 0.3) is 10.0 Å². The smallest absolute Gasteiger partial charge is 0.322 e. The average Bonchev–Trinajstić information content (AvgIpc) is 3.52. The van der Waals surface area contributed by atoms with Crippen LogP contribution < -0.4 is 10.6 Å². The number of amides is 3. The highest BCUT2D eigenvalue weighted by Crippen LogP contribution is 2.22. The minimum atomic E-state index is -3.56. The summed E-state index contributed by atoms with van der Waals surface area (Å²) in [7, 11) is -3.56. The molecule has 0 spiro atoms. The molecule has 2 heterocycles. The summed E-state index contributed by atoms with van der Waals surface area (Å²) in [6, 6.07) is 12.8. The lowest BCUT2D eigenvalue weighted by Gasteiger charge is -2.24. The van der Waals surface area contributed by atoms with Gasteiger partial charge in [0, 0.05) is 41.6 Å². The fourth-order valence-corrected chi connectivity index (χ4v) is 4.98. The van der Waals surface area contributed by atoms with Crippen LogP contribution in [0, 0.1) is 0 Å². The van der Waals surface area contributed by atoms with Crippen molar-refractivity contribution in [3.05, 3.63) is 59.1 Å². The van der Waals surface area contributed by atoms with E-state index in [-0.39, 0.29) is 11.9 Å². The Morgan fingerprint density at radius 1 is 0.914 bits per heavy atom. The molecule has 0 radical (unpaired) electrons. The van der Waals surface area contributed by atoms with Crippen molar-refractivity contribution in [1.29, 1.82) is 0 Å². The van der Waals surface area contributed by atoms with Gasteiger partial charge in [-0.25, -0.2) is 13.2 Å². The Morgan fingerprint density at radius 2 is 1.51 bits per heavy atom. The summed E-state index contributed by atoms with van der Waals surface area (Å²) < 4.78 is 27.6. The van der Waals surface area contributed by atoms with Crippen LogP contribution in [0.15, 0.2) is 52.9 Å². The van der Waals surface area contributed by atoms with Gasteiger partial charge in [-0.15, -0.1) is 4.40 Å². The summed E-state index contributed by atoms with van der Waals surface area (Å²) in [6.45, 7) is 1.99. The second-order valence-electron chi connectivity index (χ2n) is 8.70. The first-order valence-electron chi connectivity index (χ1n) is 11.5. The molecule has 2 N–H and O–H groups in total. The number of sulfonamides is 1. The molecule has 11 heteroatoms. The number of hydrogen-bond donors (Lipinski definition) is 2. The Labute approximate surface area is 210 Å². The number of amidine groups is 1. The van der Waals surface area contributed by atoms with Crippen LogP contribution in [0.2, 0.25) is 5.02 Å². The summed E-state index contributed by atoms with van der Waals surface area (Å²) >= 11 is 5.89. The monoisotopic (exact) mass is 517 g/mol. The van der Waals surface area contributed by atoms with Crippen LogP contribution in [-0.2, 0) is 14.8 Å². The van der Waals surface area contributed by atoms with Gasteiger partial charge in [-0.05, 0) is 74.2 Å². The Balaban J connectivity index is 1.43. The molecule has 0 saturated carbocycles. The zero-order valence-corrected chi connectivity index (χ0v) is 21.0. The van der Waals surface area contributed by atoms with Crippen molar-refractivity contribution in [1.82, 2.24) is 9.80 Å². The third kappa shape index (κ3) is 6.52. The van der Waals surface area contributed by atoms with Crippen LogP contribution in [0.4, 0.5) is 16.2 Å². The van der Waals surface area contributed by atoms with Crippen molar-refractivity contribution in [2.45, 2.75) is 31.7 Å². The number of anilines is 2. The number of benzene rings is 2. The van der Waals surface area contributed by atoms with E-state index in [4.69, 9.17) is 11.6 Å². The molecular weight excluding hydrogens is 490 g/mol. The first-order chi connectivity index (χ1) is 16.7. The van der Waals surface area contributed by atoms with Gasteiger partial charge in [-0.1, -0.05) is 11.6 Å². The topological polar surface area (TPSA) is 111 Å². The zero-order valence-electron chi connectivity index (χ0n) is 19.4. The van der Waals surface area contributed by atoms with Gasteiger partial charge in [0.2, 0.25) is 5.91 Å². The third-order valence-corrected chi connectivity index (χ3v) is 6.74. The summed E-state index contributed by atoms with van der Waals surface area (Å²) in [5.41, 5.74) is 1.83. The zero-order chi connectivity index (χ0) is 25.0. The molecule has 186 valence electrons. The molecular formula is C24H28ClN5O4S. The molecule has 1 atom stereocenters. The van der Waals surface area contributed by atoms with E-state index < -0.39 is 16.1 Å². The second-order valence-corrected chi connectivity index (χ2v) is 10.8. The van der Waals surface area contributed by atoms with Crippen LogP contribution in [0.25, 0.3) is 0 Å². The summed E-state index contributed by atoms with van der Waals surface area (Å²) in [6.07, 6.45) is 4.35. The Morgan fingerprint density at radius 3 is 2.14 bits per heavy atom. The molecule has 2 aromatic carbocycles. The van der Waals surface area contributed by atoms with Gasteiger partial charge in [0.05, 0.1) is 6.26 Å². The number of nitrogens with one attached hydrogen (secondary N) is 2. The maximum atomic E-state index is 13.0. The molecule has 0 bridgehead atoms. The van der Waals surface area contributed by atoms with Crippen molar-refractivity contribution in [3.63, 3.8) is 0 Å². The lowest BCUT2D eigenvalue weighted by molar-refractivity contribution is -0.119. The quantitative estimate of drug-likeness (QED) is 0.463. The molecule has 4 rings (SSSR count). The normalized spacial score (nSPS) is 18.6. The minimum absolute atomic E-state index is 0.272. The lowest BCUT2D eigenvalue weighted by Crippen LogP contribution is -2.45. The Bertz CT molecular complexity index is 1210. The van der Waals surface area contributed by atoms with Gasteiger partial charge in [-0.3, -0.25) is 4.79 Å². The van der Waals surface area contributed by atoms with Crippen molar-refractivity contribution in [2.24, 2.45) is 4.40 Å². The third-order valence-electron chi connectivity index (χ3n) is 5.98. The summed E-state index contributed by atoms with van der Waals surface area (Å²) in [5.74, 6) is 0.148. The fraction of sp³-hybridized carbons (Fsp3) is 0.375. The molecule has 9 nitrogen and oxygen atoms in total. The highest BCUT2D eigenvalue weighted by atomic mass is 35.5. The van der Waals surface area contributed by atoms with Crippen molar-refractivity contribution >= 4 is 50.8 Å². The van der Waals surface area contributed by atoms with E-state index >= 15 is 0 Å². The van der Waals surface area contributed by atoms with E-state index in [0.717, 1.165) is 38.6 Å². The molecule has 0 aliphatic carbocycles. The highest BCUT2D eigenvalue weighted by molar-refractivity contribution is 7.89. The first-order valence-corrected chi connectivity index (χ1v) is 13.7. The van der Waals surface area contributed by atoms with E-state index in [0.29, 0.717) is 40.8 Å². The van der Waals surface area contributed by atoms with Crippen molar-refractivity contribution in [3.8, 4) is 0 Å². The molecule has 2 aromatic rings. The van der Waals surface area contributed by atoms with Gasteiger partial charge in [-0.2, -0.15) is 0 Å². The lowest BCUT2D eigenvalue weighted by atomic mass is 10.1.